The quantitative estimate of drug-likeness (QED) is 0.914. The Hall–Kier alpha value is -1.73. The van der Waals surface area contributed by atoms with Gasteiger partial charge in [0, 0.05) is 18.0 Å². The monoisotopic (exact) mass is 333 g/mol. The summed E-state index contributed by atoms with van der Waals surface area (Å²) in [6.45, 7) is 1.29. The average Bonchev–Trinajstić information content (AvgIpc) is 3.23. The van der Waals surface area contributed by atoms with Gasteiger partial charge in [0.05, 0.1) is 17.8 Å². The highest BCUT2D eigenvalue weighted by molar-refractivity contribution is 7.18. The second-order valence-electron chi connectivity index (χ2n) is 6.15. The van der Waals surface area contributed by atoms with E-state index in [1.54, 1.807) is 11.3 Å². The molecule has 0 aromatic carbocycles. The lowest BCUT2D eigenvalue weighted by Crippen LogP contribution is -2.36. The van der Waals surface area contributed by atoms with Crippen LogP contribution >= 0.6 is 11.3 Å². The van der Waals surface area contributed by atoms with Gasteiger partial charge in [-0.1, -0.05) is 0 Å². The van der Waals surface area contributed by atoms with Crippen LogP contribution in [-0.2, 0) is 28.9 Å². The van der Waals surface area contributed by atoms with E-state index in [1.165, 1.54) is 15.8 Å². The summed E-state index contributed by atoms with van der Waals surface area (Å²) < 4.78 is 6.90. The van der Waals surface area contributed by atoms with Crippen LogP contribution in [0.4, 0.5) is 0 Å². The molecule has 2 aliphatic rings. The molecule has 4 rings (SSSR count). The van der Waals surface area contributed by atoms with Crippen molar-refractivity contribution in [3.8, 4) is 0 Å². The lowest BCUT2D eigenvalue weighted by molar-refractivity contribution is -0.122. The van der Waals surface area contributed by atoms with Crippen molar-refractivity contribution in [2.24, 2.45) is 0 Å². The average molecular weight is 333 g/mol. The van der Waals surface area contributed by atoms with Crippen LogP contribution in [0.25, 0.3) is 10.2 Å². The maximum Gasteiger partial charge on any atom is 0.262 e. The SMILES string of the molecule is O=C(Cn1cnc2sc3c(c2c1=O)CCC3)NC[C@H]1CCCO1. The Labute approximate surface area is 137 Å². The van der Waals surface area contributed by atoms with Crippen LogP contribution < -0.4 is 10.9 Å². The van der Waals surface area contributed by atoms with Gasteiger partial charge in [-0.3, -0.25) is 14.2 Å². The summed E-state index contributed by atoms with van der Waals surface area (Å²) in [6, 6.07) is 0. The first-order valence-corrected chi connectivity index (χ1v) is 8.92. The fraction of sp³-hybridized carbons (Fsp3) is 0.562. The van der Waals surface area contributed by atoms with Crippen LogP contribution in [0.1, 0.15) is 29.7 Å². The van der Waals surface area contributed by atoms with Crippen LogP contribution in [-0.4, -0.2) is 34.7 Å². The lowest BCUT2D eigenvalue weighted by atomic mass is 10.2. The van der Waals surface area contributed by atoms with E-state index in [0.717, 1.165) is 54.5 Å². The zero-order chi connectivity index (χ0) is 15.8. The standard InChI is InChI=1S/C16H19N3O3S/c20-13(17-7-10-3-2-6-22-10)8-19-9-18-15-14(16(19)21)11-4-1-5-12(11)23-15/h9-10H,1-8H2,(H,17,20)/t10-/m1/s1. The minimum atomic E-state index is -0.171. The number of aryl methyl sites for hydroxylation is 2. The number of nitrogens with zero attached hydrogens (tertiary/aromatic N) is 2. The summed E-state index contributed by atoms with van der Waals surface area (Å²) in [5, 5.41) is 3.57. The molecule has 7 heteroatoms. The van der Waals surface area contributed by atoms with Crippen molar-refractivity contribution in [3.05, 3.63) is 27.1 Å². The van der Waals surface area contributed by atoms with Gasteiger partial charge in [-0.2, -0.15) is 0 Å². The topological polar surface area (TPSA) is 73.2 Å². The molecule has 1 amide bonds. The Morgan fingerprint density at radius 3 is 3.17 bits per heavy atom. The van der Waals surface area contributed by atoms with Gasteiger partial charge in [0.2, 0.25) is 5.91 Å². The molecule has 122 valence electrons. The molecular formula is C16H19N3O3S. The van der Waals surface area contributed by atoms with Crippen molar-refractivity contribution in [1.29, 1.82) is 0 Å². The number of carbonyl (C=O) groups is 1. The van der Waals surface area contributed by atoms with E-state index >= 15 is 0 Å². The molecule has 1 fully saturated rings. The van der Waals surface area contributed by atoms with E-state index in [4.69, 9.17) is 4.74 Å². The molecule has 0 saturated carbocycles. The van der Waals surface area contributed by atoms with Gasteiger partial charge >= 0.3 is 0 Å². The largest absolute Gasteiger partial charge is 0.376 e. The number of thiophene rings is 1. The minimum Gasteiger partial charge on any atom is -0.376 e. The molecule has 1 N–H and O–H groups in total. The molecule has 1 aliphatic heterocycles. The van der Waals surface area contributed by atoms with Crippen molar-refractivity contribution in [2.75, 3.05) is 13.2 Å². The van der Waals surface area contributed by atoms with Gasteiger partial charge in [-0.25, -0.2) is 4.98 Å². The second-order valence-corrected chi connectivity index (χ2v) is 7.24. The van der Waals surface area contributed by atoms with Crippen molar-refractivity contribution in [2.45, 2.75) is 44.8 Å². The highest BCUT2D eigenvalue weighted by Gasteiger charge is 2.22. The molecule has 3 heterocycles. The molecule has 6 nitrogen and oxygen atoms in total. The Balaban J connectivity index is 1.51. The van der Waals surface area contributed by atoms with Crippen molar-refractivity contribution in [3.63, 3.8) is 0 Å². The first-order chi connectivity index (χ1) is 11.2. The van der Waals surface area contributed by atoms with Crippen LogP contribution in [0.3, 0.4) is 0 Å². The third-order valence-electron chi connectivity index (χ3n) is 4.56. The third-order valence-corrected chi connectivity index (χ3v) is 5.76. The summed E-state index contributed by atoms with van der Waals surface area (Å²) in [6.07, 6.45) is 6.71. The predicted octanol–water partition coefficient (Wildman–Crippen LogP) is 1.24. The van der Waals surface area contributed by atoms with E-state index in [0.29, 0.717) is 6.54 Å². The van der Waals surface area contributed by atoms with Crippen molar-refractivity contribution < 1.29 is 9.53 Å². The van der Waals surface area contributed by atoms with Gasteiger partial charge in [-0.05, 0) is 37.7 Å². The number of hydrogen-bond donors (Lipinski definition) is 1. The number of hydrogen-bond acceptors (Lipinski definition) is 5. The Kier molecular flexibility index (Phi) is 3.90. The smallest absolute Gasteiger partial charge is 0.262 e. The molecule has 1 atom stereocenters. The third kappa shape index (κ3) is 2.79. The summed E-state index contributed by atoms with van der Waals surface area (Å²) >= 11 is 1.61. The summed E-state index contributed by atoms with van der Waals surface area (Å²) in [5.74, 6) is -0.171. The Morgan fingerprint density at radius 1 is 1.43 bits per heavy atom. The molecule has 0 spiro atoms. The molecule has 2 aromatic heterocycles. The van der Waals surface area contributed by atoms with E-state index in [9.17, 15) is 9.59 Å². The fourth-order valence-corrected chi connectivity index (χ4v) is 4.60. The number of amides is 1. The normalized spacial score (nSPS) is 20.1. The summed E-state index contributed by atoms with van der Waals surface area (Å²) in [7, 11) is 0. The number of rotatable bonds is 4. The summed E-state index contributed by atoms with van der Waals surface area (Å²) in [5.41, 5.74) is 1.05. The zero-order valence-corrected chi connectivity index (χ0v) is 13.7. The number of carbonyl (C=O) groups excluding carboxylic acids is 1. The minimum absolute atomic E-state index is 0.0130. The Bertz CT molecular complexity index is 805. The number of ether oxygens (including phenoxy) is 1. The van der Waals surface area contributed by atoms with E-state index in [2.05, 4.69) is 10.3 Å². The van der Waals surface area contributed by atoms with Gasteiger partial charge in [0.1, 0.15) is 11.4 Å². The van der Waals surface area contributed by atoms with Crippen LogP contribution in [0.15, 0.2) is 11.1 Å². The first-order valence-electron chi connectivity index (χ1n) is 8.10. The maximum atomic E-state index is 12.7. The molecule has 0 unspecified atom stereocenters. The molecule has 1 saturated heterocycles. The highest BCUT2D eigenvalue weighted by Crippen LogP contribution is 2.34. The molecular weight excluding hydrogens is 314 g/mol. The van der Waals surface area contributed by atoms with E-state index in [-0.39, 0.29) is 24.1 Å². The van der Waals surface area contributed by atoms with E-state index < -0.39 is 0 Å². The first kappa shape index (κ1) is 14.8. The zero-order valence-electron chi connectivity index (χ0n) is 12.8. The van der Waals surface area contributed by atoms with Gasteiger partial charge < -0.3 is 10.1 Å². The molecule has 0 bridgehead atoms. The second kappa shape index (κ2) is 6.05. The lowest BCUT2D eigenvalue weighted by Gasteiger charge is -2.11. The van der Waals surface area contributed by atoms with Crippen molar-refractivity contribution in [1.82, 2.24) is 14.9 Å². The predicted molar refractivity (Wildman–Crippen MR) is 87.9 cm³/mol. The number of aromatic nitrogens is 2. The van der Waals surface area contributed by atoms with E-state index in [1.807, 2.05) is 0 Å². The fourth-order valence-electron chi connectivity index (χ4n) is 3.38. The Morgan fingerprint density at radius 2 is 2.35 bits per heavy atom. The van der Waals surface area contributed by atoms with Crippen LogP contribution in [0.5, 0.6) is 0 Å². The van der Waals surface area contributed by atoms with Gasteiger partial charge in [-0.15, -0.1) is 11.3 Å². The van der Waals surface area contributed by atoms with Gasteiger partial charge in [0.15, 0.2) is 0 Å². The van der Waals surface area contributed by atoms with Crippen LogP contribution in [0.2, 0.25) is 0 Å². The molecule has 2 aromatic rings. The van der Waals surface area contributed by atoms with Crippen LogP contribution in [0, 0.1) is 0 Å². The van der Waals surface area contributed by atoms with Crippen molar-refractivity contribution >= 4 is 27.5 Å². The maximum absolute atomic E-state index is 12.7. The molecule has 0 radical (unpaired) electrons. The number of nitrogens with one attached hydrogen (secondary N) is 1. The molecule has 23 heavy (non-hydrogen) atoms. The molecule has 1 aliphatic carbocycles. The highest BCUT2D eigenvalue weighted by atomic mass is 32.1. The number of fused-ring (bicyclic) bond motifs is 3. The van der Waals surface area contributed by atoms with Gasteiger partial charge in [0.25, 0.3) is 5.56 Å². The summed E-state index contributed by atoms with van der Waals surface area (Å²) in [4.78, 5) is 31.2.